The predicted molar refractivity (Wildman–Crippen MR) is 184 cm³/mol. The van der Waals surface area contributed by atoms with E-state index in [9.17, 15) is 32.7 Å². The number of guanidine groups is 2. The summed E-state index contributed by atoms with van der Waals surface area (Å²) in [7, 11) is -4.04. The Morgan fingerprint density at radius 3 is 2.58 bits per heavy atom. The second kappa shape index (κ2) is 15.2. The number of carbonyl (C=O) groups is 4. The van der Waals surface area contributed by atoms with Crippen molar-refractivity contribution < 1.29 is 32.7 Å². The molecule has 1 saturated heterocycles. The first-order valence-electron chi connectivity index (χ1n) is 16.7. The number of amides is 3. The molecule has 3 amide bonds. The van der Waals surface area contributed by atoms with Crippen LogP contribution < -0.4 is 26.6 Å². The molecule has 2 aromatic carbocycles. The zero-order valence-corrected chi connectivity index (χ0v) is 28.2. The molecule has 2 fully saturated rings. The Bertz CT molecular complexity index is 1790. The highest BCUT2D eigenvalue weighted by Gasteiger charge is 2.48. The summed E-state index contributed by atoms with van der Waals surface area (Å²) in [6, 6.07) is 11.9. The van der Waals surface area contributed by atoms with Crippen molar-refractivity contribution in [1.29, 1.82) is 0 Å². The lowest BCUT2D eigenvalue weighted by Crippen LogP contribution is -2.61. The van der Waals surface area contributed by atoms with Crippen molar-refractivity contribution in [1.82, 2.24) is 30.5 Å². The molecule has 16 nitrogen and oxygen atoms in total. The topological polar surface area (TPSA) is 214 Å². The van der Waals surface area contributed by atoms with E-state index in [1.165, 1.54) is 16.4 Å². The number of hydrogen-bond acceptors (Lipinski definition) is 11. The van der Waals surface area contributed by atoms with Gasteiger partial charge in [-0.2, -0.15) is 4.31 Å². The smallest absolute Gasteiger partial charge is 0.328 e. The van der Waals surface area contributed by atoms with Crippen LogP contribution in [-0.2, 0) is 24.4 Å². The van der Waals surface area contributed by atoms with Gasteiger partial charge in [-0.25, -0.2) is 13.2 Å². The third-order valence-corrected chi connectivity index (χ3v) is 11.2. The van der Waals surface area contributed by atoms with Crippen LogP contribution in [0, 0.1) is 11.8 Å². The largest absolute Gasteiger partial charge is 0.480 e. The van der Waals surface area contributed by atoms with Crippen LogP contribution in [0.2, 0.25) is 0 Å². The average Bonchev–Trinajstić information content (AvgIpc) is 3.82. The zero-order chi connectivity index (χ0) is 35.3. The number of aliphatic imine (C=N–C) groups is 2. The van der Waals surface area contributed by atoms with Gasteiger partial charge >= 0.3 is 5.97 Å². The summed E-state index contributed by atoms with van der Waals surface area (Å²) in [5.74, 6) is -2.13. The molecule has 3 heterocycles. The third-order valence-electron chi connectivity index (χ3n) is 9.30. The van der Waals surface area contributed by atoms with E-state index in [-0.39, 0.29) is 28.8 Å². The van der Waals surface area contributed by atoms with Crippen LogP contribution in [0.1, 0.15) is 36.0 Å². The van der Waals surface area contributed by atoms with Crippen LogP contribution in [0.15, 0.2) is 69.5 Å². The van der Waals surface area contributed by atoms with Gasteiger partial charge in [-0.15, -0.1) is 0 Å². The number of nitrogens with one attached hydrogen (secondary N) is 5. The Morgan fingerprint density at radius 2 is 1.82 bits per heavy atom. The highest BCUT2D eigenvalue weighted by Crippen LogP contribution is 2.40. The molecule has 4 atom stereocenters. The molecule has 2 aromatic rings. The lowest BCUT2D eigenvalue weighted by Gasteiger charge is -2.46. The van der Waals surface area contributed by atoms with E-state index in [0.717, 1.165) is 25.3 Å². The van der Waals surface area contributed by atoms with E-state index in [0.29, 0.717) is 44.1 Å². The van der Waals surface area contributed by atoms with Crippen LogP contribution in [0.3, 0.4) is 0 Å². The molecule has 3 aliphatic heterocycles. The molecule has 17 heteroatoms. The fourth-order valence-corrected chi connectivity index (χ4v) is 8.65. The van der Waals surface area contributed by atoms with Crippen molar-refractivity contribution in [2.75, 3.05) is 51.1 Å². The number of benzene rings is 2. The van der Waals surface area contributed by atoms with Crippen molar-refractivity contribution in [2.45, 2.75) is 42.7 Å². The zero-order valence-electron chi connectivity index (χ0n) is 27.4. The van der Waals surface area contributed by atoms with Gasteiger partial charge in [0.25, 0.3) is 5.91 Å². The van der Waals surface area contributed by atoms with Crippen LogP contribution in [0.5, 0.6) is 0 Å². The summed E-state index contributed by atoms with van der Waals surface area (Å²) in [4.78, 5) is 62.3. The number of fused-ring (bicyclic) bond motifs is 2. The quantitative estimate of drug-likeness (QED) is 0.184. The normalized spacial score (nSPS) is 22.4. The summed E-state index contributed by atoms with van der Waals surface area (Å²) < 4.78 is 28.6. The SMILES string of the molecule is O=C(CNC(=O)c1cccc(NC2=NCCN2C2=NCCN2)c1)NCC(NC(=O)C1C2CCCC(C2)CN1S(=O)(=O)c1ccccc1)C(=O)O. The lowest BCUT2D eigenvalue weighted by molar-refractivity contribution is -0.143. The summed E-state index contributed by atoms with van der Waals surface area (Å²) in [6.45, 7) is 1.97. The van der Waals surface area contributed by atoms with E-state index in [2.05, 4.69) is 36.6 Å². The number of piperidine rings is 1. The summed E-state index contributed by atoms with van der Waals surface area (Å²) >= 11 is 0. The number of sulfonamides is 1. The lowest BCUT2D eigenvalue weighted by atomic mass is 9.74. The Balaban J connectivity index is 1.03. The highest BCUT2D eigenvalue weighted by molar-refractivity contribution is 7.89. The maximum Gasteiger partial charge on any atom is 0.328 e. The maximum atomic E-state index is 13.7. The standard InChI is InChI=1S/C33H41N9O7S/c43-27(19-38-29(44)23-8-5-9-24(17-23)39-33-36-14-15-41(33)32-34-12-13-35-32)37-18-26(31(46)47)40-30(45)28-22-7-4-6-21(16-22)20-42(28)50(48,49)25-10-2-1-3-11-25/h1-3,5,8-11,17,21-22,26,28H,4,6-7,12-16,18-20H2,(H,34,35)(H,36,39)(H,37,43)(H,38,44)(H,40,45)(H,46,47). The maximum absolute atomic E-state index is 13.7. The summed E-state index contributed by atoms with van der Waals surface area (Å²) in [5.41, 5.74) is 0.899. The first-order valence-corrected chi connectivity index (χ1v) is 18.2. The van der Waals surface area contributed by atoms with Crippen molar-refractivity contribution >= 4 is 51.3 Å². The fraction of sp³-hybridized carbons (Fsp3) is 0.455. The first kappa shape index (κ1) is 34.8. The van der Waals surface area contributed by atoms with Crippen molar-refractivity contribution in [3.05, 3.63) is 60.2 Å². The first-order chi connectivity index (χ1) is 24.1. The molecule has 0 spiro atoms. The van der Waals surface area contributed by atoms with Crippen molar-refractivity contribution in [3.63, 3.8) is 0 Å². The molecule has 2 bridgehead atoms. The highest BCUT2D eigenvalue weighted by atomic mass is 32.2. The molecule has 0 aromatic heterocycles. The van der Waals surface area contributed by atoms with Gasteiger partial charge in [0, 0.05) is 37.4 Å². The van der Waals surface area contributed by atoms with Gasteiger partial charge in [0.15, 0.2) is 0 Å². The molecule has 50 heavy (non-hydrogen) atoms. The molecule has 1 saturated carbocycles. The molecular weight excluding hydrogens is 666 g/mol. The Kier molecular flexibility index (Phi) is 10.6. The van der Waals surface area contributed by atoms with Gasteiger partial charge in [0.2, 0.25) is 33.8 Å². The molecular formula is C33H41N9O7S. The van der Waals surface area contributed by atoms with Crippen molar-refractivity contribution in [2.24, 2.45) is 21.8 Å². The Morgan fingerprint density at radius 1 is 1.00 bits per heavy atom. The fourth-order valence-electron chi connectivity index (χ4n) is 6.90. The minimum absolute atomic E-state index is 0.0621. The van der Waals surface area contributed by atoms with Gasteiger partial charge in [0.05, 0.1) is 24.5 Å². The van der Waals surface area contributed by atoms with E-state index in [4.69, 9.17) is 0 Å². The molecule has 266 valence electrons. The van der Waals surface area contributed by atoms with Crippen LogP contribution in [0.25, 0.3) is 0 Å². The molecule has 6 rings (SSSR count). The molecule has 4 unspecified atom stereocenters. The number of carbonyl (C=O) groups excluding carboxylic acids is 3. The van der Waals surface area contributed by atoms with Crippen LogP contribution in [0.4, 0.5) is 5.69 Å². The number of nitrogens with zero attached hydrogens (tertiary/aromatic N) is 4. The second-order valence-electron chi connectivity index (χ2n) is 12.7. The minimum Gasteiger partial charge on any atom is -0.480 e. The van der Waals surface area contributed by atoms with Crippen molar-refractivity contribution in [3.8, 4) is 0 Å². The number of rotatable bonds is 11. The number of aliphatic carboxylic acids is 1. The van der Waals surface area contributed by atoms with Crippen LogP contribution in [-0.4, -0.2) is 116 Å². The van der Waals surface area contributed by atoms with Gasteiger partial charge in [-0.1, -0.05) is 30.7 Å². The predicted octanol–water partition coefficient (Wildman–Crippen LogP) is 0.0242. The van der Waals surface area contributed by atoms with E-state index in [1.54, 1.807) is 42.5 Å². The van der Waals surface area contributed by atoms with Crippen LogP contribution >= 0.6 is 0 Å². The monoisotopic (exact) mass is 707 g/mol. The number of carboxylic acid groups (broad SMARTS) is 1. The van der Waals surface area contributed by atoms with E-state index >= 15 is 0 Å². The van der Waals surface area contributed by atoms with Gasteiger partial charge in [-0.3, -0.25) is 29.3 Å². The molecule has 6 N–H and O–H groups in total. The van der Waals surface area contributed by atoms with Gasteiger partial charge in [-0.05, 0) is 61.4 Å². The van der Waals surface area contributed by atoms with E-state index in [1.807, 2.05) is 4.90 Å². The average molecular weight is 708 g/mol. The molecule has 4 aliphatic rings. The summed E-state index contributed by atoms with van der Waals surface area (Å²) in [6.07, 6.45) is 3.03. The minimum atomic E-state index is -4.04. The van der Waals surface area contributed by atoms with Gasteiger partial charge < -0.3 is 31.7 Å². The van der Waals surface area contributed by atoms with E-state index < -0.39 is 58.9 Å². The second-order valence-corrected chi connectivity index (χ2v) is 14.6. The summed E-state index contributed by atoms with van der Waals surface area (Å²) in [5, 5.41) is 23.8. The molecule has 0 radical (unpaired) electrons. The molecule has 1 aliphatic carbocycles. The third kappa shape index (κ3) is 7.89. The number of carboxylic acids is 1. The van der Waals surface area contributed by atoms with Gasteiger partial charge in [0.1, 0.15) is 12.1 Å². The Hall–Kier alpha value is -5.03. The Labute approximate surface area is 289 Å². The number of hydrogen-bond donors (Lipinski definition) is 6. The number of anilines is 1.